The SMILES string of the molecule is CC(=O)CCCC(C#CCOCc1ccccc1)OC(=O)c1ccccc1. The van der Waals surface area contributed by atoms with Gasteiger partial charge >= 0.3 is 5.97 Å². The Hall–Kier alpha value is -2.90. The zero-order chi connectivity index (χ0) is 19.3. The highest BCUT2D eigenvalue weighted by molar-refractivity contribution is 5.89. The van der Waals surface area contributed by atoms with Crippen molar-refractivity contribution in [3.05, 3.63) is 71.8 Å². The molecular weight excluding hydrogens is 340 g/mol. The van der Waals surface area contributed by atoms with Crippen molar-refractivity contribution in [2.75, 3.05) is 6.61 Å². The highest BCUT2D eigenvalue weighted by atomic mass is 16.5. The van der Waals surface area contributed by atoms with E-state index in [9.17, 15) is 9.59 Å². The lowest BCUT2D eigenvalue weighted by Gasteiger charge is -2.12. The molecule has 0 aliphatic rings. The van der Waals surface area contributed by atoms with Crippen LogP contribution in [0.4, 0.5) is 0 Å². The summed E-state index contributed by atoms with van der Waals surface area (Å²) in [6.07, 6.45) is 1.04. The van der Waals surface area contributed by atoms with Gasteiger partial charge in [-0.2, -0.15) is 0 Å². The van der Waals surface area contributed by atoms with Crippen LogP contribution >= 0.6 is 0 Å². The predicted molar refractivity (Wildman–Crippen MR) is 104 cm³/mol. The Balaban J connectivity index is 1.87. The molecular formula is C23H24O4. The van der Waals surface area contributed by atoms with Crippen molar-refractivity contribution in [2.45, 2.75) is 38.9 Å². The molecule has 1 atom stereocenters. The summed E-state index contributed by atoms with van der Waals surface area (Å²) < 4.78 is 11.0. The van der Waals surface area contributed by atoms with Crippen LogP contribution in [-0.2, 0) is 20.9 Å². The number of rotatable bonds is 9. The van der Waals surface area contributed by atoms with Crippen molar-refractivity contribution in [1.82, 2.24) is 0 Å². The van der Waals surface area contributed by atoms with Gasteiger partial charge in [-0.25, -0.2) is 4.79 Å². The third-order valence-corrected chi connectivity index (χ3v) is 3.80. The second-order valence-electron chi connectivity index (χ2n) is 6.15. The lowest BCUT2D eigenvalue weighted by atomic mass is 10.1. The minimum Gasteiger partial charge on any atom is -0.446 e. The monoisotopic (exact) mass is 364 g/mol. The van der Waals surface area contributed by atoms with E-state index in [-0.39, 0.29) is 12.4 Å². The smallest absolute Gasteiger partial charge is 0.339 e. The van der Waals surface area contributed by atoms with Crippen LogP contribution in [0.2, 0.25) is 0 Å². The number of benzene rings is 2. The molecule has 2 rings (SSSR count). The van der Waals surface area contributed by atoms with Crippen LogP contribution in [0.25, 0.3) is 0 Å². The van der Waals surface area contributed by atoms with Crippen molar-refractivity contribution in [3.8, 4) is 11.8 Å². The number of carbonyl (C=O) groups is 2. The van der Waals surface area contributed by atoms with Gasteiger partial charge in [-0.05, 0) is 37.5 Å². The molecule has 0 fully saturated rings. The van der Waals surface area contributed by atoms with E-state index < -0.39 is 12.1 Å². The van der Waals surface area contributed by atoms with Gasteiger partial charge in [0.25, 0.3) is 0 Å². The van der Waals surface area contributed by atoms with E-state index in [1.54, 1.807) is 31.2 Å². The van der Waals surface area contributed by atoms with Crippen molar-refractivity contribution in [1.29, 1.82) is 0 Å². The minimum atomic E-state index is -0.558. The summed E-state index contributed by atoms with van der Waals surface area (Å²) in [7, 11) is 0. The first-order chi connectivity index (χ1) is 13.1. The van der Waals surface area contributed by atoms with Gasteiger partial charge in [0.1, 0.15) is 12.4 Å². The molecule has 2 aromatic rings. The van der Waals surface area contributed by atoms with Gasteiger partial charge in [0.15, 0.2) is 6.10 Å². The van der Waals surface area contributed by atoms with E-state index >= 15 is 0 Å². The first-order valence-corrected chi connectivity index (χ1v) is 9.00. The molecule has 0 amide bonds. The quantitative estimate of drug-likeness (QED) is 0.380. The zero-order valence-electron chi connectivity index (χ0n) is 15.5. The normalized spacial score (nSPS) is 11.1. The number of carbonyl (C=O) groups excluding carboxylic acids is 2. The summed E-state index contributed by atoms with van der Waals surface area (Å²) in [6.45, 7) is 2.28. The zero-order valence-corrected chi connectivity index (χ0v) is 15.5. The Kier molecular flexibility index (Phi) is 8.82. The van der Waals surface area contributed by atoms with Crippen molar-refractivity contribution >= 4 is 11.8 Å². The standard InChI is InChI=1S/C23H24O4/c1-19(24)10-8-15-22(27-23(25)21-13-6-3-7-14-21)16-9-17-26-18-20-11-4-2-5-12-20/h2-7,11-14,22H,8,10,15,17-18H2,1H3. The van der Waals surface area contributed by atoms with Gasteiger partial charge in [-0.3, -0.25) is 0 Å². The van der Waals surface area contributed by atoms with Crippen LogP contribution in [0.5, 0.6) is 0 Å². The van der Waals surface area contributed by atoms with Gasteiger partial charge < -0.3 is 14.3 Å². The highest BCUT2D eigenvalue weighted by Gasteiger charge is 2.14. The van der Waals surface area contributed by atoms with Crippen LogP contribution < -0.4 is 0 Å². The fourth-order valence-corrected chi connectivity index (χ4v) is 2.42. The molecule has 0 bridgehead atoms. The maximum Gasteiger partial charge on any atom is 0.339 e. The molecule has 0 radical (unpaired) electrons. The lowest BCUT2D eigenvalue weighted by molar-refractivity contribution is -0.117. The number of ketones is 1. The fourth-order valence-electron chi connectivity index (χ4n) is 2.42. The van der Waals surface area contributed by atoms with Crippen molar-refractivity contribution < 1.29 is 19.1 Å². The average Bonchev–Trinajstić information content (AvgIpc) is 2.68. The van der Waals surface area contributed by atoms with Gasteiger partial charge in [0.2, 0.25) is 0 Å². The van der Waals surface area contributed by atoms with E-state index in [0.29, 0.717) is 31.4 Å². The maximum atomic E-state index is 12.2. The van der Waals surface area contributed by atoms with Gasteiger partial charge in [-0.15, -0.1) is 0 Å². The minimum absolute atomic E-state index is 0.113. The summed E-state index contributed by atoms with van der Waals surface area (Å²) in [6, 6.07) is 18.6. The number of hydrogen-bond acceptors (Lipinski definition) is 4. The molecule has 27 heavy (non-hydrogen) atoms. The first-order valence-electron chi connectivity index (χ1n) is 9.00. The Bertz CT molecular complexity index is 772. The topological polar surface area (TPSA) is 52.6 Å². The second-order valence-corrected chi connectivity index (χ2v) is 6.15. The molecule has 0 N–H and O–H groups in total. The van der Waals surface area contributed by atoms with Crippen LogP contribution in [-0.4, -0.2) is 24.5 Å². The summed E-state index contributed by atoms with van der Waals surface area (Å²) in [5.41, 5.74) is 1.56. The van der Waals surface area contributed by atoms with Crippen molar-refractivity contribution in [2.24, 2.45) is 0 Å². The number of esters is 1. The summed E-state index contributed by atoms with van der Waals surface area (Å²) in [4.78, 5) is 23.4. The van der Waals surface area contributed by atoms with E-state index in [1.165, 1.54) is 0 Å². The Morgan fingerprint density at radius 3 is 2.33 bits per heavy atom. The second kappa shape index (κ2) is 11.7. The molecule has 4 nitrogen and oxygen atoms in total. The predicted octanol–water partition coefficient (Wildman–Crippen LogP) is 4.19. The van der Waals surface area contributed by atoms with E-state index in [1.807, 2.05) is 36.4 Å². The van der Waals surface area contributed by atoms with E-state index in [0.717, 1.165) is 5.56 Å². The molecule has 0 saturated carbocycles. The Morgan fingerprint density at radius 2 is 1.67 bits per heavy atom. The van der Waals surface area contributed by atoms with Gasteiger partial charge in [0, 0.05) is 6.42 Å². The molecule has 0 spiro atoms. The molecule has 0 heterocycles. The molecule has 0 aromatic heterocycles. The van der Waals surface area contributed by atoms with Crippen LogP contribution in [0.15, 0.2) is 60.7 Å². The highest BCUT2D eigenvalue weighted by Crippen LogP contribution is 2.09. The molecule has 2 aromatic carbocycles. The Labute approximate surface area is 160 Å². The number of Topliss-reactive ketones (excluding diaryl/α,β-unsaturated/α-hetero) is 1. The molecule has 0 aliphatic heterocycles. The first kappa shape index (κ1) is 20.4. The summed E-state index contributed by atoms with van der Waals surface area (Å²) in [5, 5.41) is 0. The van der Waals surface area contributed by atoms with Gasteiger partial charge in [-0.1, -0.05) is 60.4 Å². The van der Waals surface area contributed by atoms with E-state index in [2.05, 4.69) is 11.8 Å². The molecule has 4 heteroatoms. The molecule has 0 saturated heterocycles. The molecule has 140 valence electrons. The number of hydrogen-bond donors (Lipinski definition) is 0. The molecule has 0 aliphatic carbocycles. The van der Waals surface area contributed by atoms with E-state index in [4.69, 9.17) is 9.47 Å². The third kappa shape index (κ3) is 8.35. The van der Waals surface area contributed by atoms with Crippen molar-refractivity contribution in [3.63, 3.8) is 0 Å². The Morgan fingerprint density at radius 1 is 1.00 bits per heavy atom. The number of ether oxygens (including phenoxy) is 2. The summed E-state index contributed by atoms with van der Waals surface area (Å²) >= 11 is 0. The van der Waals surface area contributed by atoms with Crippen LogP contribution in [0.1, 0.15) is 42.1 Å². The average molecular weight is 364 g/mol. The molecule has 1 unspecified atom stereocenters. The van der Waals surface area contributed by atoms with Gasteiger partial charge in [0.05, 0.1) is 12.2 Å². The van der Waals surface area contributed by atoms with Crippen LogP contribution in [0.3, 0.4) is 0 Å². The fraction of sp³-hybridized carbons (Fsp3) is 0.304. The van der Waals surface area contributed by atoms with Crippen LogP contribution in [0, 0.1) is 11.8 Å². The largest absolute Gasteiger partial charge is 0.446 e. The summed E-state index contributed by atoms with van der Waals surface area (Å²) in [5.74, 6) is 5.57. The maximum absolute atomic E-state index is 12.2. The third-order valence-electron chi connectivity index (χ3n) is 3.80. The lowest BCUT2D eigenvalue weighted by Crippen LogP contribution is -2.17.